The summed E-state index contributed by atoms with van der Waals surface area (Å²) in [5.41, 5.74) is 3.57. The Morgan fingerprint density at radius 3 is 2.61 bits per heavy atom. The van der Waals surface area contributed by atoms with Crippen LogP contribution in [0, 0.1) is 0 Å². The number of aromatic hydroxyl groups is 1. The summed E-state index contributed by atoms with van der Waals surface area (Å²) >= 11 is 0. The van der Waals surface area contributed by atoms with Gasteiger partial charge in [0, 0.05) is 19.0 Å². The van der Waals surface area contributed by atoms with Gasteiger partial charge in [-0.15, -0.1) is 0 Å². The van der Waals surface area contributed by atoms with Crippen molar-refractivity contribution in [2.45, 2.75) is 58.0 Å². The lowest BCUT2D eigenvalue weighted by Gasteiger charge is -2.35. The number of esters is 1. The number of fused-ring (bicyclic) bond motifs is 1. The van der Waals surface area contributed by atoms with Gasteiger partial charge in [-0.2, -0.15) is 0 Å². The standard InChI is InChI=1S/C25H31NO5/c1-2-31-24(28)8-3-4-15-26(17-18-9-11-20(12-10-18)25(29)30)21-14-13-19-6-5-7-23(27)22(19)16-21/h5-7,9-12,21,27H,2-4,8,13-17H2,1H3,(H,29,30). The molecule has 0 aliphatic heterocycles. The number of phenols is 1. The first-order chi connectivity index (χ1) is 15.0. The second-order valence-corrected chi connectivity index (χ2v) is 8.05. The van der Waals surface area contributed by atoms with Crippen molar-refractivity contribution >= 4 is 11.9 Å². The number of hydrogen-bond acceptors (Lipinski definition) is 5. The number of ether oxygens (including phenoxy) is 1. The van der Waals surface area contributed by atoms with Crippen LogP contribution in [-0.4, -0.2) is 46.2 Å². The van der Waals surface area contributed by atoms with Crippen LogP contribution < -0.4 is 0 Å². The fourth-order valence-electron chi connectivity index (χ4n) is 4.26. The van der Waals surface area contributed by atoms with Crippen molar-refractivity contribution in [2.24, 2.45) is 0 Å². The highest BCUT2D eigenvalue weighted by molar-refractivity contribution is 5.87. The molecule has 0 spiro atoms. The van der Waals surface area contributed by atoms with E-state index in [0.29, 0.717) is 25.3 Å². The number of hydrogen-bond donors (Lipinski definition) is 2. The minimum absolute atomic E-state index is 0.158. The Balaban J connectivity index is 1.68. The van der Waals surface area contributed by atoms with Crippen molar-refractivity contribution in [3.63, 3.8) is 0 Å². The molecule has 6 nitrogen and oxygen atoms in total. The minimum Gasteiger partial charge on any atom is -0.508 e. The minimum atomic E-state index is -0.929. The molecule has 0 heterocycles. The Hall–Kier alpha value is -2.86. The first kappa shape index (κ1) is 22.8. The average molecular weight is 426 g/mol. The van der Waals surface area contributed by atoms with E-state index in [4.69, 9.17) is 9.84 Å². The monoisotopic (exact) mass is 425 g/mol. The van der Waals surface area contributed by atoms with Crippen LogP contribution in [0.2, 0.25) is 0 Å². The number of carboxylic acids is 1. The van der Waals surface area contributed by atoms with Gasteiger partial charge in [0.2, 0.25) is 0 Å². The number of unbranched alkanes of at least 4 members (excludes halogenated alkanes) is 1. The number of carboxylic acid groups (broad SMARTS) is 1. The maximum atomic E-state index is 11.6. The molecule has 0 bridgehead atoms. The van der Waals surface area contributed by atoms with Gasteiger partial charge < -0.3 is 14.9 Å². The summed E-state index contributed by atoms with van der Waals surface area (Å²) in [6, 6.07) is 13.0. The normalized spacial score (nSPS) is 15.5. The predicted octanol–water partition coefficient (Wildman–Crippen LogP) is 4.18. The molecule has 0 saturated carbocycles. The largest absolute Gasteiger partial charge is 0.508 e. The van der Waals surface area contributed by atoms with E-state index in [-0.39, 0.29) is 17.6 Å². The van der Waals surface area contributed by atoms with Gasteiger partial charge in [-0.3, -0.25) is 9.69 Å². The highest BCUT2D eigenvalue weighted by atomic mass is 16.5. The van der Waals surface area contributed by atoms with E-state index in [0.717, 1.165) is 49.8 Å². The van der Waals surface area contributed by atoms with E-state index in [1.807, 2.05) is 25.1 Å². The highest BCUT2D eigenvalue weighted by Gasteiger charge is 2.26. The molecule has 166 valence electrons. The summed E-state index contributed by atoms with van der Waals surface area (Å²) in [7, 11) is 0. The van der Waals surface area contributed by atoms with Crippen LogP contribution in [0.4, 0.5) is 0 Å². The summed E-state index contributed by atoms with van der Waals surface area (Å²) in [4.78, 5) is 25.2. The molecule has 1 aliphatic rings. The smallest absolute Gasteiger partial charge is 0.335 e. The van der Waals surface area contributed by atoms with Crippen molar-refractivity contribution in [1.29, 1.82) is 0 Å². The summed E-state index contributed by atoms with van der Waals surface area (Å²) in [6.07, 6.45) is 4.77. The molecule has 0 aromatic heterocycles. The van der Waals surface area contributed by atoms with Gasteiger partial charge in [0.25, 0.3) is 0 Å². The summed E-state index contributed by atoms with van der Waals surface area (Å²) in [5.74, 6) is -0.730. The first-order valence-electron chi connectivity index (χ1n) is 11.0. The van der Waals surface area contributed by atoms with Gasteiger partial charge in [0.05, 0.1) is 12.2 Å². The van der Waals surface area contributed by atoms with E-state index < -0.39 is 5.97 Å². The number of aromatic carboxylic acids is 1. The molecule has 0 radical (unpaired) electrons. The Bertz CT molecular complexity index is 893. The van der Waals surface area contributed by atoms with Gasteiger partial charge in [0.15, 0.2) is 0 Å². The number of carbonyl (C=O) groups is 2. The quantitative estimate of drug-likeness (QED) is 0.439. The Kier molecular flexibility index (Phi) is 8.06. The van der Waals surface area contributed by atoms with E-state index in [1.54, 1.807) is 18.2 Å². The van der Waals surface area contributed by atoms with Gasteiger partial charge in [-0.1, -0.05) is 24.3 Å². The first-order valence-corrected chi connectivity index (χ1v) is 11.0. The molecule has 2 aromatic rings. The Labute approximate surface area is 183 Å². The zero-order valence-electron chi connectivity index (χ0n) is 18.0. The maximum Gasteiger partial charge on any atom is 0.335 e. The Morgan fingerprint density at radius 2 is 1.90 bits per heavy atom. The fraction of sp³-hybridized carbons (Fsp3) is 0.440. The summed E-state index contributed by atoms with van der Waals surface area (Å²) in [6.45, 7) is 3.74. The molecule has 3 rings (SSSR count). The second kappa shape index (κ2) is 11.0. The van der Waals surface area contributed by atoms with Crippen LogP contribution in [0.15, 0.2) is 42.5 Å². The maximum absolute atomic E-state index is 11.6. The molecule has 31 heavy (non-hydrogen) atoms. The molecule has 1 aliphatic carbocycles. The van der Waals surface area contributed by atoms with Crippen molar-refractivity contribution in [3.05, 3.63) is 64.7 Å². The van der Waals surface area contributed by atoms with Crippen LogP contribution in [-0.2, 0) is 28.9 Å². The van der Waals surface area contributed by atoms with E-state index >= 15 is 0 Å². The average Bonchev–Trinajstić information content (AvgIpc) is 2.76. The van der Waals surface area contributed by atoms with Crippen LogP contribution >= 0.6 is 0 Å². The molecule has 1 unspecified atom stereocenters. The van der Waals surface area contributed by atoms with Gasteiger partial charge in [-0.25, -0.2) is 4.79 Å². The van der Waals surface area contributed by atoms with E-state index in [1.165, 1.54) is 5.56 Å². The lowest BCUT2D eigenvalue weighted by molar-refractivity contribution is -0.143. The zero-order chi connectivity index (χ0) is 22.2. The number of rotatable bonds is 10. The number of aryl methyl sites for hydroxylation is 1. The molecule has 1 atom stereocenters. The third-order valence-electron chi connectivity index (χ3n) is 5.92. The van der Waals surface area contributed by atoms with E-state index in [9.17, 15) is 14.7 Å². The predicted molar refractivity (Wildman–Crippen MR) is 118 cm³/mol. The van der Waals surface area contributed by atoms with Crippen LogP contribution in [0.5, 0.6) is 5.75 Å². The van der Waals surface area contributed by atoms with Gasteiger partial charge in [0.1, 0.15) is 5.75 Å². The lowest BCUT2D eigenvalue weighted by atomic mass is 9.86. The SMILES string of the molecule is CCOC(=O)CCCCN(Cc1ccc(C(=O)O)cc1)C1CCc2cccc(O)c2C1. The zero-order valence-corrected chi connectivity index (χ0v) is 18.0. The molecule has 0 fully saturated rings. The number of phenolic OH excluding ortho intramolecular Hbond substituents is 1. The molecule has 0 amide bonds. The molecule has 6 heteroatoms. The second-order valence-electron chi connectivity index (χ2n) is 8.05. The third kappa shape index (κ3) is 6.31. The van der Waals surface area contributed by atoms with Crippen molar-refractivity contribution in [3.8, 4) is 5.75 Å². The number of benzene rings is 2. The summed E-state index contributed by atoms with van der Waals surface area (Å²) < 4.78 is 5.02. The fourth-order valence-corrected chi connectivity index (χ4v) is 4.26. The lowest BCUT2D eigenvalue weighted by Crippen LogP contribution is -2.39. The Morgan fingerprint density at radius 1 is 1.13 bits per heavy atom. The van der Waals surface area contributed by atoms with Crippen molar-refractivity contribution in [2.75, 3.05) is 13.2 Å². The van der Waals surface area contributed by atoms with Gasteiger partial charge in [-0.05, 0) is 80.5 Å². The number of carbonyl (C=O) groups excluding carboxylic acids is 1. The molecular formula is C25H31NO5. The molecule has 2 N–H and O–H groups in total. The topological polar surface area (TPSA) is 87.1 Å². The van der Waals surface area contributed by atoms with Crippen molar-refractivity contribution in [1.82, 2.24) is 4.90 Å². The number of nitrogens with zero attached hydrogens (tertiary/aromatic N) is 1. The van der Waals surface area contributed by atoms with Crippen molar-refractivity contribution < 1.29 is 24.5 Å². The highest BCUT2D eigenvalue weighted by Crippen LogP contribution is 2.31. The third-order valence-corrected chi connectivity index (χ3v) is 5.92. The summed E-state index contributed by atoms with van der Waals surface area (Å²) in [5, 5.41) is 19.5. The van der Waals surface area contributed by atoms with Crippen LogP contribution in [0.1, 0.15) is 59.7 Å². The molecular weight excluding hydrogens is 394 g/mol. The van der Waals surface area contributed by atoms with E-state index in [2.05, 4.69) is 11.0 Å². The van der Waals surface area contributed by atoms with Gasteiger partial charge >= 0.3 is 11.9 Å². The van der Waals surface area contributed by atoms with Crippen LogP contribution in [0.3, 0.4) is 0 Å². The molecule has 2 aromatic carbocycles. The molecule has 0 saturated heterocycles. The van der Waals surface area contributed by atoms with Crippen LogP contribution in [0.25, 0.3) is 0 Å².